The Hall–Kier alpha value is -2.32. The minimum atomic E-state index is -4.54. The van der Waals surface area contributed by atoms with Crippen LogP contribution in [-0.4, -0.2) is 36.4 Å². The maximum absolute atomic E-state index is 12.9. The third-order valence-electron chi connectivity index (χ3n) is 2.77. The van der Waals surface area contributed by atoms with E-state index < -0.39 is 23.6 Å². The first kappa shape index (κ1) is 15.1. The zero-order chi connectivity index (χ0) is 15.6. The molecule has 0 aromatic carbocycles. The van der Waals surface area contributed by atoms with E-state index in [1.807, 2.05) is 0 Å². The van der Waals surface area contributed by atoms with Crippen LogP contribution in [0, 0.1) is 0 Å². The Morgan fingerprint density at radius 1 is 1.29 bits per heavy atom. The van der Waals surface area contributed by atoms with Crippen LogP contribution >= 0.6 is 0 Å². The molecule has 21 heavy (non-hydrogen) atoms. The van der Waals surface area contributed by atoms with Crippen LogP contribution < -0.4 is 15.5 Å². The summed E-state index contributed by atoms with van der Waals surface area (Å²) in [5.41, 5.74) is -0.887. The van der Waals surface area contributed by atoms with Crippen molar-refractivity contribution in [2.75, 3.05) is 29.9 Å². The van der Waals surface area contributed by atoms with E-state index >= 15 is 0 Å². The van der Waals surface area contributed by atoms with Gasteiger partial charge in [0.05, 0.1) is 18.7 Å². The van der Waals surface area contributed by atoms with Crippen LogP contribution in [0.25, 0.3) is 0 Å². The lowest BCUT2D eigenvalue weighted by Gasteiger charge is -2.27. The van der Waals surface area contributed by atoms with Crippen molar-refractivity contribution in [1.29, 1.82) is 0 Å². The minimum Gasteiger partial charge on any atom is -0.370 e. The average Bonchev–Trinajstić information content (AvgIpc) is 2.36. The van der Waals surface area contributed by atoms with Crippen LogP contribution in [0.3, 0.4) is 0 Å². The number of halogens is 3. The number of carbonyl (C=O) groups is 2. The van der Waals surface area contributed by atoms with Gasteiger partial charge in [0.15, 0.2) is 0 Å². The van der Waals surface area contributed by atoms with Crippen molar-refractivity contribution in [2.45, 2.75) is 13.1 Å². The highest BCUT2D eigenvalue weighted by Crippen LogP contribution is 2.33. The second-order valence-electron chi connectivity index (χ2n) is 4.45. The number of amides is 2. The molecular weight excluding hydrogens is 289 g/mol. The SMILES string of the molecule is CCNc1cc(C(F)(F)F)cc(N2CC(=O)NC(=O)C2)n1. The predicted octanol–water partition coefficient (Wildman–Crippen LogP) is 0.995. The summed E-state index contributed by atoms with van der Waals surface area (Å²) in [6, 6.07) is 1.71. The average molecular weight is 302 g/mol. The lowest BCUT2D eigenvalue weighted by atomic mass is 10.2. The highest BCUT2D eigenvalue weighted by atomic mass is 19.4. The first-order valence-electron chi connectivity index (χ1n) is 6.20. The van der Waals surface area contributed by atoms with Crippen LogP contribution in [-0.2, 0) is 15.8 Å². The van der Waals surface area contributed by atoms with E-state index in [4.69, 9.17) is 0 Å². The molecule has 1 aromatic rings. The van der Waals surface area contributed by atoms with Crippen molar-refractivity contribution in [1.82, 2.24) is 10.3 Å². The number of pyridine rings is 1. The van der Waals surface area contributed by atoms with Crippen LogP contribution in [0.15, 0.2) is 12.1 Å². The molecule has 9 heteroatoms. The fraction of sp³-hybridized carbons (Fsp3) is 0.417. The normalized spacial score (nSPS) is 15.9. The summed E-state index contributed by atoms with van der Waals surface area (Å²) in [4.78, 5) is 27.8. The van der Waals surface area contributed by atoms with Crippen molar-refractivity contribution in [3.05, 3.63) is 17.7 Å². The van der Waals surface area contributed by atoms with E-state index in [1.54, 1.807) is 6.92 Å². The highest BCUT2D eigenvalue weighted by molar-refractivity contribution is 6.02. The first-order chi connectivity index (χ1) is 9.79. The smallest absolute Gasteiger partial charge is 0.370 e. The molecule has 0 saturated carbocycles. The summed E-state index contributed by atoms with van der Waals surface area (Å²) in [5, 5.41) is 4.78. The minimum absolute atomic E-state index is 0.0424. The number of imide groups is 1. The van der Waals surface area contributed by atoms with Gasteiger partial charge >= 0.3 is 6.18 Å². The van der Waals surface area contributed by atoms with E-state index in [1.165, 1.54) is 4.90 Å². The summed E-state index contributed by atoms with van der Waals surface area (Å²) in [5.74, 6) is -1.17. The zero-order valence-corrected chi connectivity index (χ0v) is 11.1. The van der Waals surface area contributed by atoms with Gasteiger partial charge in [0, 0.05) is 6.54 Å². The van der Waals surface area contributed by atoms with Crippen LogP contribution in [0.1, 0.15) is 12.5 Å². The van der Waals surface area contributed by atoms with Gasteiger partial charge in [-0.25, -0.2) is 4.98 Å². The number of hydrogen-bond acceptors (Lipinski definition) is 5. The van der Waals surface area contributed by atoms with Gasteiger partial charge in [-0.1, -0.05) is 0 Å². The fourth-order valence-electron chi connectivity index (χ4n) is 1.91. The zero-order valence-electron chi connectivity index (χ0n) is 11.1. The van der Waals surface area contributed by atoms with E-state index in [0.29, 0.717) is 6.54 Å². The summed E-state index contributed by atoms with van der Waals surface area (Å²) < 4.78 is 38.7. The Kier molecular flexibility index (Phi) is 4.01. The van der Waals surface area contributed by atoms with Crippen molar-refractivity contribution in [2.24, 2.45) is 0 Å². The van der Waals surface area contributed by atoms with Crippen LogP contribution in [0.5, 0.6) is 0 Å². The second-order valence-corrected chi connectivity index (χ2v) is 4.45. The van der Waals surface area contributed by atoms with Crippen molar-refractivity contribution >= 4 is 23.5 Å². The molecule has 1 fully saturated rings. The summed E-state index contributed by atoms with van der Waals surface area (Å²) in [6.07, 6.45) is -4.54. The Morgan fingerprint density at radius 2 is 1.90 bits per heavy atom. The van der Waals surface area contributed by atoms with Gasteiger partial charge in [-0.3, -0.25) is 14.9 Å². The third kappa shape index (κ3) is 3.61. The van der Waals surface area contributed by atoms with Crippen LogP contribution in [0.2, 0.25) is 0 Å². The molecule has 1 aliphatic heterocycles. The molecule has 2 N–H and O–H groups in total. The molecule has 0 spiro atoms. The van der Waals surface area contributed by atoms with E-state index in [0.717, 1.165) is 12.1 Å². The Bertz CT molecular complexity index is 558. The van der Waals surface area contributed by atoms with Gasteiger partial charge in [0.1, 0.15) is 11.6 Å². The fourth-order valence-corrected chi connectivity index (χ4v) is 1.91. The third-order valence-corrected chi connectivity index (χ3v) is 2.77. The topological polar surface area (TPSA) is 74.3 Å². The number of nitrogens with zero attached hydrogens (tertiary/aromatic N) is 2. The molecule has 0 radical (unpaired) electrons. The molecule has 1 saturated heterocycles. The van der Waals surface area contributed by atoms with Gasteiger partial charge in [-0.15, -0.1) is 0 Å². The monoisotopic (exact) mass is 302 g/mol. The molecule has 0 bridgehead atoms. The molecule has 2 rings (SSSR count). The lowest BCUT2D eigenvalue weighted by molar-refractivity contribution is -0.137. The maximum Gasteiger partial charge on any atom is 0.416 e. The van der Waals surface area contributed by atoms with Gasteiger partial charge in [-0.05, 0) is 19.1 Å². The largest absolute Gasteiger partial charge is 0.416 e. The van der Waals surface area contributed by atoms with Crippen molar-refractivity contribution < 1.29 is 22.8 Å². The number of aromatic nitrogens is 1. The van der Waals surface area contributed by atoms with Gasteiger partial charge in [-0.2, -0.15) is 13.2 Å². The molecule has 0 aliphatic carbocycles. The van der Waals surface area contributed by atoms with Gasteiger partial charge in [0.2, 0.25) is 11.8 Å². The van der Waals surface area contributed by atoms with Gasteiger partial charge in [0.25, 0.3) is 0 Å². The maximum atomic E-state index is 12.9. The predicted molar refractivity (Wildman–Crippen MR) is 68.8 cm³/mol. The number of piperazine rings is 1. The number of nitrogens with one attached hydrogen (secondary N) is 2. The quantitative estimate of drug-likeness (QED) is 0.815. The number of hydrogen-bond donors (Lipinski definition) is 2. The molecular formula is C12H13F3N4O2. The molecule has 0 atom stereocenters. The summed E-state index contributed by atoms with van der Waals surface area (Å²) in [6.45, 7) is 1.68. The number of rotatable bonds is 3. The van der Waals surface area contributed by atoms with Crippen molar-refractivity contribution in [3.63, 3.8) is 0 Å². The highest BCUT2D eigenvalue weighted by Gasteiger charge is 2.33. The van der Waals surface area contributed by atoms with E-state index in [-0.39, 0.29) is 24.7 Å². The number of alkyl halides is 3. The summed E-state index contributed by atoms with van der Waals surface area (Å²) in [7, 11) is 0. The lowest BCUT2D eigenvalue weighted by Crippen LogP contribution is -2.51. The standard InChI is InChI=1S/C12H13F3N4O2/c1-2-16-8-3-7(12(13,14)15)4-9(17-8)19-5-10(20)18-11(21)6-19/h3-4H,2,5-6H2,1H3,(H,16,17)(H,18,20,21). The van der Waals surface area contributed by atoms with E-state index in [9.17, 15) is 22.8 Å². The molecule has 2 heterocycles. The molecule has 2 amide bonds. The Morgan fingerprint density at radius 3 is 2.43 bits per heavy atom. The molecule has 1 aromatic heterocycles. The second kappa shape index (κ2) is 5.58. The number of anilines is 2. The molecule has 1 aliphatic rings. The molecule has 6 nitrogen and oxygen atoms in total. The first-order valence-corrected chi connectivity index (χ1v) is 6.20. The van der Waals surface area contributed by atoms with E-state index in [2.05, 4.69) is 15.6 Å². The van der Waals surface area contributed by atoms with Crippen LogP contribution in [0.4, 0.5) is 24.8 Å². The van der Waals surface area contributed by atoms with Crippen molar-refractivity contribution in [3.8, 4) is 0 Å². The molecule has 114 valence electrons. The molecule has 0 unspecified atom stereocenters. The number of carbonyl (C=O) groups excluding carboxylic acids is 2. The summed E-state index contributed by atoms with van der Waals surface area (Å²) >= 11 is 0. The Labute approximate surface area is 118 Å². The Balaban J connectivity index is 2.39. The van der Waals surface area contributed by atoms with Gasteiger partial charge < -0.3 is 10.2 Å².